The van der Waals surface area contributed by atoms with E-state index in [-0.39, 0.29) is 0 Å². The van der Waals surface area contributed by atoms with Crippen LogP contribution in [0.2, 0.25) is 0 Å². The van der Waals surface area contributed by atoms with Gasteiger partial charge in [0.05, 0.1) is 5.69 Å². The minimum atomic E-state index is 0.414. The molecule has 4 rings (SSSR count). The van der Waals surface area contributed by atoms with E-state index >= 15 is 0 Å². The summed E-state index contributed by atoms with van der Waals surface area (Å²) in [5.41, 5.74) is 2.43. The number of hydrogen-bond donors (Lipinski definition) is 0. The third-order valence-electron chi connectivity index (χ3n) is 5.41. The van der Waals surface area contributed by atoms with Crippen LogP contribution in [0.25, 0.3) is 0 Å². The highest BCUT2D eigenvalue weighted by Crippen LogP contribution is 2.26. The molecule has 3 aromatic heterocycles. The van der Waals surface area contributed by atoms with Crippen LogP contribution in [0.15, 0.2) is 36.8 Å². The van der Waals surface area contributed by atoms with Gasteiger partial charge in [0.25, 0.3) is 0 Å². The number of aryl methyl sites for hydroxylation is 1. The molecule has 142 valence electrons. The molecule has 1 aliphatic heterocycles. The van der Waals surface area contributed by atoms with Gasteiger partial charge in [-0.1, -0.05) is 13.0 Å². The molecule has 0 N–H and O–H groups in total. The highest BCUT2D eigenvalue weighted by atomic mass is 15.3. The largest absolute Gasteiger partial charge is 0.316 e. The number of pyridine rings is 1. The number of rotatable bonds is 6. The standard InChI is InChI=1S/C20H27N7/c1-3-16-7-8-18(21-12-16)14-26-10-4-6-17(13-26)20-24-23-19(25(20)2)15-27-11-5-9-22-27/h5,7-9,11-12,17H,3-4,6,10,13-15H2,1-2H3/t17-/m1/s1. The number of aromatic nitrogens is 6. The van der Waals surface area contributed by atoms with E-state index in [2.05, 4.69) is 55.9 Å². The zero-order valence-corrected chi connectivity index (χ0v) is 16.1. The van der Waals surface area contributed by atoms with E-state index in [0.29, 0.717) is 12.5 Å². The van der Waals surface area contributed by atoms with Gasteiger partial charge in [-0.2, -0.15) is 5.10 Å². The van der Waals surface area contributed by atoms with E-state index in [4.69, 9.17) is 0 Å². The Labute approximate surface area is 160 Å². The molecule has 27 heavy (non-hydrogen) atoms. The zero-order valence-electron chi connectivity index (χ0n) is 16.1. The number of nitrogens with zero attached hydrogens (tertiary/aromatic N) is 7. The molecular formula is C20H27N7. The van der Waals surface area contributed by atoms with Crippen LogP contribution in [0.4, 0.5) is 0 Å². The topological polar surface area (TPSA) is 64.7 Å². The number of hydrogen-bond acceptors (Lipinski definition) is 5. The average Bonchev–Trinajstić information content (AvgIpc) is 3.33. The van der Waals surface area contributed by atoms with Crippen LogP contribution in [0.3, 0.4) is 0 Å². The van der Waals surface area contributed by atoms with Crippen molar-refractivity contribution >= 4 is 0 Å². The first-order valence-electron chi connectivity index (χ1n) is 9.74. The molecule has 1 aliphatic rings. The van der Waals surface area contributed by atoms with Crippen molar-refractivity contribution < 1.29 is 0 Å². The van der Waals surface area contributed by atoms with E-state index in [1.165, 1.54) is 12.0 Å². The van der Waals surface area contributed by atoms with Gasteiger partial charge in [0.2, 0.25) is 0 Å². The Kier molecular flexibility index (Phi) is 5.29. The van der Waals surface area contributed by atoms with Gasteiger partial charge in [-0.15, -0.1) is 10.2 Å². The molecule has 7 nitrogen and oxygen atoms in total. The van der Waals surface area contributed by atoms with E-state index < -0.39 is 0 Å². The summed E-state index contributed by atoms with van der Waals surface area (Å²) < 4.78 is 4.02. The van der Waals surface area contributed by atoms with Gasteiger partial charge in [-0.3, -0.25) is 14.6 Å². The van der Waals surface area contributed by atoms with Crippen LogP contribution in [0, 0.1) is 0 Å². The summed E-state index contributed by atoms with van der Waals surface area (Å²) in [7, 11) is 2.07. The highest BCUT2D eigenvalue weighted by molar-refractivity contribution is 5.14. The Bertz CT molecular complexity index is 851. The van der Waals surface area contributed by atoms with Crippen molar-refractivity contribution in [2.24, 2.45) is 7.05 Å². The van der Waals surface area contributed by atoms with Gasteiger partial charge in [-0.25, -0.2) is 0 Å². The lowest BCUT2D eigenvalue weighted by atomic mass is 9.97. The van der Waals surface area contributed by atoms with Crippen molar-refractivity contribution in [3.05, 3.63) is 59.7 Å². The van der Waals surface area contributed by atoms with Gasteiger partial charge >= 0.3 is 0 Å². The van der Waals surface area contributed by atoms with Crippen molar-refractivity contribution in [2.75, 3.05) is 13.1 Å². The summed E-state index contributed by atoms with van der Waals surface area (Å²) >= 11 is 0. The molecule has 0 saturated carbocycles. The lowest BCUT2D eigenvalue weighted by Gasteiger charge is -2.31. The van der Waals surface area contributed by atoms with Crippen molar-refractivity contribution in [3.63, 3.8) is 0 Å². The first-order chi connectivity index (χ1) is 13.2. The Morgan fingerprint density at radius 2 is 2.11 bits per heavy atom. The van der Waals surface area contributed by atoms with E-state index in [1.54, 1.807) is 6.20 Å². The predicted octanol–water partition coefficient (Wildman–Crippen LogP) is 2.40. The normalized spacial score (nSPS) is 18.1. The number of likely N-dealkylation sites (tertiary alicyclic amines) is 1. The second-order valence-electron chi connectivity index (χ2n) is 7.32. The molecule has 1 saturated heterocycles. The molecule has 0 unspecified atom stereocenters. The van der Waals surface area contributed by atoms with Gasteiger partial charge in [-0.05, 0) is 43.5 Å². The second-order valence-corrected chi connectivity index (χ2v) is 7.32. The molecule has 0 bridgehead atoms. The lowest BCUT2D eigenvalue weighted by Crippen LogP contribution is -2.35. The maximum atomic E-state index is 4.62. The maximum absolute atomic E-state index is 4.62. The van der Waals surface area contributed by atoms with Crippen LogP contribution >= 0.6 is 0 Å². The Balaban J connectivity index is 1.42. The monoisotopic (exact) mass is 365 g/mol. The minimum absolute atomic E-state index is 0.414. The van der Waals surface area contributed by atoms with Crippen LogP contribution in [-0.4, -0.2) is 47.5 Å². The summed E-state index contributed by atoms with van der Waals surface area (Å²) in [6.07, 6.45) is 9.11. The van der Waals surface area contributed by atoms with Gasteiger partial charge in [0, 0.05) is 44.6 Å². The van der Waals surface area contributed by atoms with Crippen molar-refractivity contribution in [1.82, 2.24) is 34.4 Å². The molecule has 0 spiro atoms. The fourth-order valence-corrected chi connectivity index (χ4v) is 3.80. The third-order valence-corrected chi connectivity index (χ3v) is 5.41. The SMILES string of the molecule is CCc1ccc(CN2CCC[C@@H](c3nnc(Cn4cccn4)n3C)C2)nc1. The molecule has 1 atom stereocenters. The molecule has 4 heterocycles. The molecule has 1 fully saturated rings. The van der Waals surface area contributed by atoms with Gasteiger partial charge < -0.3 is 4.57 Å². The predicted molar refractivity (Wildman–Crippen MR) is 103 cm³/mol. The molecule has 7 heteroatoms. The van der Waals surface area contributed by atoms with Crippen molar-refractivity contribution in [3.8, 4) is 0 Å². The molecule has 0 amide bonds. The highest BCUT2D eigenvalue weighted by Gasteiger charge is 2.26. The summed E-state index contributed by atoms with van der Waals surface area (Å²) in [5, 5.41) is 13.2. The Morgan fingerprint density at radius 1 is 1.19 bits per heavy atom. The molecule has 0 aliphatic carbocycles. The first kappa shape index (κ1) is 17.9. The molecule has 3 aromatic rings. The first-order valence-corrected chi connectivity index (χ1v) is 9.74. The summed E-state index contributed by atoms with van der Waals surface area (Å²) in [6, 6.07) is 6.28. The molecular weight excluding hydrogens is 338 g/mol. The van der Waals surface area contributed by atoms with E-state index in [9.17, 15) is 0 Å². The fourth-order valence-electron chi connectivity index (χ4n) is 3.80. The van der Waals surface area contributed by atoms with Crippen LogP contribution in [0.1, 0.15) is 48.6 Å². The van der Waals surface area contributed by atoms with Crippen molar-refractivity contribution in [1.29, 1.82) is 0 Å². The zero-order chi connectivity index (χ0) is 18.6. The van der Waals surface area contributed by atoms with Crippen LogP contribution < -0.4 is 0 Å². The van der Waals surface area contributed by atoms with E-state index in [0.717, 1.165) is 49.8 Å². The van der Waals surface area contributed by atoms with Crippen LogP contribution in [0.5, 0.6) is 0 Å². The summed E-state index contributed by atoms with van der Waals surface area (Å²) in [6.45, 7) is 5.84. The average molecular weight is 365 g/mol. The third kappa shape index (κ3) is 4.08. The van der Waals surface area contributed by atoms with Crippen molar-refractivity contribution in [2.45, 2.75) is 45.2 Å². The molecule has 0 radical (unpaired) electrons. The fraction of sp³-hybridized carbons (Fsp3) is 0.500. The maximum Gasteiger partial charge on any atom is 0.154 e. The Morgan fingerprint density at radius 3 is 2.85 bits per heavy atom. The van der Waals surface area contributed by atoms with E-state index in [1.807, 2.05) is 23.1 Å². The number of piperidine rings is 1. The smallest absolute Gasteiger partial charge is 0.154 e. The summed E-state index contributed by atoms with van der Waals surface area (Å²) in [4.78, 5) is 7.11. The Hall–Kier alpha value is -2.54. The van der Waals surface area contributed by atoms with Crippen LogP contribution in [-0.2, 0) is 26.6 Å². The quantitative estimate of drug-likeness (QED) is 0.671. The van der Waals surface area contributed by atoms with Gasteiger partial charge in [0.1, 0.15) is 12.4 Å². The summed E-state index contributed by atoms with van der Waals surface area (Å²) in [5.74, 6) is 2.44. The van der Waals surface area contributed by atoms with Gasteiger partial charge in [0.15, 0.2) is 5.82 Å². The molecule has 0 aromatic carbocycles. The lowest BCUT2D eigenvalue weighted by molar-refractivity contribution is 0.193. The minimum Gasteiger partial charge on any atom is -0.316 e. The second kappa shape index (κ2) is 8.00.